The standard InChI is InChI=1S/C10H19NO2S/c12-14(13,8-9-4-5-9)7-6-11-10-2-1-3-10/h9-11H,1-8H2. The van der Waals surface area contributed by atoms with Crippen molar-refractivity contribution >= 4 is 9.84 Å². The Morgan fingerprint density at radius 2 is 1.86 bits per heavy atom. The molecule has 2 fully saturated rings. The highest BCUT2D eigenvalue weighted by Crippen LogP contribution is 2.30. The lowest BCUT2D eigenvalue weighted by atomic mass is 9.93. The van der Waals surface area contributed by atoms with E-state index in [9.17, 15) is 8.42 Å². The normalized spacial score (nSPS) is 23.4. The molecular formula is C10H19NO2S. The molecule has 0 aromatic carbocycles. The molecule has 0 unspecified atom stereocenters. The van der Waals surface area contributed by atoms with Crippen LogP contribution < -0.4 is 5.32 Å². The van der Waals surface area contributed by atoms with Crippen LogP contribution in [0.1, 0.15) is 32.1 Å². The highest BCUT2D eigenvalue weighted by molar-refractivity contribution is 7.91. The molecule has 2 saturated carbocycles. The molecule has 1 N–H and O–H groups in total. The van der Waals surface area contributed by atoms with Crippen molar-refractivity contribution in [2.75, 3.05) is 18.1 Å². The van der Waals surface area contributed by atoms with E-state index in [0.717, 1.165) is 12.8 Å². The fourth-order valence-corrected chi connectivity index (χ4v) is 3.40. The summed E-state index contributed by atoms with van der Waals surface area (Å²) in [5, 5.41) is 3.29. The Kier molecular flexibility index (Phi) is 3.12. The zero-order valence-electron chi connectivity index (χ0n) is 8.54. The van der Waals surface area contributed by atoms with Gasteiger partial charge < -0.3 is 5.32 Å². The van der Waals surface area contributed by atoms with Gasteiger partial charge in [-0.25, -0.2) is 8.42 Å². The summed E-state index contributed by atoms with van der Waals surface area (Å²) in [6, 6.07) is 0.603. The van der Waals surface area contributed by atoms with Crippen molar-refractivity contribution in [3.8, 4) is 0 Å². The first kappa shape index (κ1) is 10.4. The number of hydrogen-bond acceptors (Lipinski definition) is 3. The number of hydrogen-bond donors (Lipinski definition) is 1. The molecule has 2 aliphatic carbocycles. The second kappa shape index (κ2) is 4.19. The van der Waals surface area contributed by atoms with Crippen molar-refractivity contribution in [3.63, 3.8) is 0 Å². The van der Waals surface area contributed by atoms with Gasteiger partial charge in [0.1, 0.15) is 0 Å². The van der Waals surface area contributed by atoms with E-state index in [1.54, 1.807) is 0 Å². The maximum atomic E-state index is 11.5. The van der Waals surface area contributed by atoms with E-state index in [4.69, 9.17) is 0 Å². The molecule has 82 valence electrons. The quantitative estimate of drug-likeness (QED) is 0.720. The first-order valence-electron chi connectivity index (χ1n) is 5.59. The fourth-order valence-electron chi connectivity index (χ4n) is 1.76. The lowest BCUT2D eigenvalue weighted by molar-refractivity contribution is 0.346. The summed E-state index contributed by atoms with van der Waals surface area (Å²) in [6.07, 6.45) is 5.99. The zero-order chi connectivity index (χ0) is 10.0. The largest absolute Gasteiger partial charge is 0.313 e. The molecule has 0 radical (unpaired) electrons. The topological polar surface area (TPSA) is 46.2 Å². The van der Waals surface area contributed by atoms with Crippen LogP contribution in [0, 0.1) is 5.92 Å². The monoisotopic (exact) mass is 217 g/mol. The minimum Gasteiger partial charge on any atom is -0.313 e. The van der Waals surface area contributed by atoms with Gasteiger partial charge in [-0.15, -0.1) is 0 Å². The van der Waals surface area contributed by atoms with E-state index in [1.165, 1.54) is 19.3 Å². The van der Waals surface area contributed by atoms with Crippen molar-refractivity contribution in [2.24, 2.45) is 5.92 Å². The Bertz CT molecular complexity index is 278. The number of sulfone groups is 1. The van der Waals surface area contributed by atoms with Crippen molar-refractivity contribution in [2.45, 2.75) is 38.1 Å². The number of nitrogens with one attached hydrogen (secondary N) is 1. The first-order chi connectivity index (χ1) is 6.66. The molecule has 4 heteroatoms. The van der Waals surface area contributed by atoms with Gasteiger partial charge in [0, 0.05) is 12.6 Å². The molecule has 3 nitrogen and oxygen atoms in total. The van der Waals surface area contributed by atoms with Gasteiger partial charge in [0.15, 0.2) is 9.84 Å². The molecule has 2 aliphatic rings. The van der Waals surface area contributed by atoms with Crippen LogP contribution in [0.25, 0.3) is 0 Å². The summed E-state index contributed by atoms with van der Waals surface area (Å²) in [6.45, 7) is 0.653. The zero-order valence-corrected chi connectivity index (χ0v) is 9.35. The van der Waals surface area contributed by atoms with Crippen molar-refractivity contribution in [3.05, 3.63) is 0 Å². The predicted octanol–water partition coefficient (Wildman–Crippen LogP) is 0.953. The Labute approximate surface area is 86.2 Å². The fraction of sp³-hybridized carbons (Fsp3) is 1.00. The summed E-state index contributed by atoms with van der Waals surface area (Å²) in [4.78, 5) is 0. The highest BCUT2D eigenvalue weighted by Gasteiger charge is 2.27. The second-order valence-corrected chi connectivity index (χ2v) is 6.87. The molecule has 0 amide bonds. The molecule has 0 aromatic rings. The SMILES string of the molecule is O=S(=O)(CCNC1CCC1)CC1CC1. The summed E-state index contributed by atoms with van der Waals surface area (Å²) in [5.74, 6) is 1.25. The van der Waals surface area contributed by atoms with E-state index < -0.39 is 9.84 Å². The summed E-state index contributed by atoms with van der Waals surface area (Å²) < 4.78 is 23.1. The Hall–Kier alpha value is -0.0900. The van der Waals surface area contributed by atoms with E-state index in [2.05, 4.69) is 5.32 Å². The van der Waals surface area contributed by atoms with Gasteiger partial charge in [0.2, 0.25) is 0 Å². The van der Waals surface area contributed by atoms with E-state index in [1.807, 2.05) is 0 Å². The lowest BCUT2D eigenvalue weighted by Gasteiger charge is -2.26. The Morgan fingerprint density at radius 3 is 2.36 bits per heavy atom. The highest BCUT2D eigenvalue weighted by atomic mass is 32.2. The minimum atomic E-state index is -2.76. The molecule has 0 aromatic heterocycles. The van der Waals surface area contributed by atoms with Crippen molar-refractivity contribution in [1.82, 2.24) is 5.32 Å². The van der Waals surface area contributed by atoms with Crippen molar-refractivity contribution in [1.29, 1.82) is 0 Å². The summed E-state index contributed by atoms with van der Waals surface area (Å²) in [7, 11) is -2.76. The number of rotatable bonds is 6. The third-order valence-corrected chi connectivity index (χ3v) is 4.94. The molecule has 0 heterocycles. The Balaban J connectivity index is 1.62. The van der Waals surface area contributed by atoms with Crippen LogP contribution >= 0.6 is 0 Å². The minimum absolute atomic E-state index is 0.333. The van der Waals surface area contributed by atoms with Crippen molar-refractivity contribution < 1.29 is 8.42 Å². The first-order valence-corrected chi connectivity index (χ1v) is 7.42. The Morgan fingerprint density at radius 1 is 1.14 bits per heavy atom. The third-order valence-electron chi connectivity index (χ3n) is 3.14. The predicted molar refractivity (Wildman–Crippen MR) is 57.0 cm³/mol. The van der Waals surface area contributed by atoms with Crippen LogP contribution in [0.15, 0.2) is 0 Å². The van der Waals surface area contributed by atoms with Gasteiger partial charge in [-0.1, -0.05) is 6.42 Å². The van der Waals surface area contributed by atoms with Gasteiger partial charge in [0.05, 0.1) is 11.5 Å². The van der Waals surface area contributed by atoms with Crippen LogP contribution in [-0.2, 0) is 9.84 Å². The molecular weight excluding hydrogens is 198 g/mol. The molecule has 2 rings (SSSR count). The summed E-state index contributed by atoms with van der Waals surface area (Å²) >= 11 is 0. The molecule has 0 spiro atoms. The maximum absolute atomic E-state index is 11.5. The average Bonchev–Trinajstić information content (AvgIpc) is 2.77. The van der Waals surface area contributed by atoms with Crippen LogP contribution in [0.3, 0.4) is 0 Å². The molecule has 0 saturated heterocycles. The second-order valence-electron chi connectivity index (χ2n) is 4.64. The van der Waals surface area contributed by atoms with Gasteiger partial charge in [0.25, 0.3) is 0 Å². The van der Waals surface area contributed by atoms with Gasteiger partial charge >= 0.3 is 0 Å². The van der Waals surface area contributed by atoms with Gasteiger partial charge in [-0.05, 0) is 31.6 Å². The van der Waals surface area contributed by atoms with Crippen LogP contribution in [0.5, 0.6) is 0 Å². The van der Waals surface area contributed by atoms with Gasteiger partial charge in [-0.2, -0.15) is 0 Å². The van der Waals surface area contributed by atoms with Crippen LogP contribution in [0.4, 0.5) is 0 Å². The smallest absolute Gasteiger partial charge is 0.151 e. The van der Waals surface area contributed by atoms with E-state index in [-0.39, 0.29) is 0 Å². The molecule has 0 aliphatic heterocycles. The van der Waals surface area contributed by atoms with Gasteiger partial charge in [-0.3, -0.25) is 0 Å². The summed E-state index contributed by atoms with van der Waals surface area (Å²) in [5.41, 5.74) is 0. The molecule has 14 heavy (non-hydrogen) atoms. The van der Waals surface area contributed by atoms with Crippen LogP contribution in [0.2, 0.25) is 0 Å². The van der Waals surface area contributed by atoms with E-state index in [0.29, 0.717) is 30.0 Å². The van der Waals surface area contributed by atoms with Crippen LogP contribution in [-0.4, -0.2) is 32.5 Å². The average molecular weight is 217 g/mol. The maximum Gasteiger partial charge on any atom is 0.151 e. The van der Waals surface area contributed by atoms with E-state index >= 15 is 0 Å². The molecule has 0 atom stereocenters. The lowest BCUT2D eigenvalue weighted by Crippen LogP contribution is -2.38. The molecule has 0 bridgehead atoms. The third kappa shape index (κ3) is 3.24.